The molecule has 1 unspecified atom stereocenters. The van der Waals surface area contributed by atoms with Crippen molar-refractivity contribution in [2.24, 2.45) is 11.8 Å². The Labute approximate surface area is 113 Å². The van der Waals surface area contributed by atoms with Crippen molar-refractivity contribution >= 4 is 0 Å². The van der Waals surface area contributed by atoms with Crippen LogP contribution in [-0.4, -0.2) is 62.7 Å². The van der Waals surface area contributed by atoms with Crippen LogP contribution in [-0.2, 0) is 0 Å². The second-order valence-corrected chi connectivity index (χ2v) is 6.63. The number of piperidine rings is 1. The Morgan fingerprint density at radius 1 is 1.17 bits per heavy atom. The van der Waals surface area contributed by atoms with Crippen molar-refractivity contribution < 1.29 is 0 Å². The van der Waals surface area contributed by atoms with E-state index in [0.717, 1.165) is 17.9 Å². The van der Waals surface area contributed by atoms with Gasteiger partial charge in [-0.2, -0.15) is 0 Å². The summed E-state index contributed by atoms with van der Waals surface area (Å²) in [5.74, 6) is 1.91. The van der Waals surface area contributed by atoms with Crippen molar-refractivity contribution in [3.05, 3.63) is 0 Å². The van der Waals surface area contributed by atoms with E-state index in [0.29, 0.717) is 0 Å². The Hall–Kier alpha value is -0.120. The molecular formula is C15H31N3. The molecule has 2 aliphatic rings. The van der Waals surface area contributed by atoms with Crippen LogP contribution in [0.4, 0.5) is 0 Å². The summed E-state index contributed by atoms with van der Waals surface area (Å²) in [6, 6.07) is 0.747. The molecule has 1 N–H and O–H groups in total. The summed E-state index contributed by atoms with van der Waals surface area (Å²) in [5, 5.41) is 3.69. The van der Waals surface area contributed by atoms with Crippen molar-refractivity contribution in [3.63, 3.8) is 0 Å². The first-order valence-electron chi connectivity index (χ1n) is 7.75. The zero-order valence-electron chi connectivity index (χ0n) is 12.5. The summed E-state index contributed by atoms with van der Waals surface area (Å²) in [4.78, 5) is 4.97. The van der Waals surface area contributed by atoms with Crippen molar-refractivity contribution in [2.45, 2.75) is 38.6 Å². The van der Waals surface area contributed by atoms with Crippen LogP contribution in [0, 0.1) is 11.8 Å². The summed E-state index contributed by atoms with van der Waals surface area (Å²) in [7, 11) is 4.38. The molecule has 0 aromatic heterocycles. The molecule has 1 heterocycles. The fourth-order valence-corrected chi connectivity index (χ4v) is 3.12. The highest BCUT2D eigenvalue weighted by Gasteiger charge is 2.27. The maximum Gasteiger partial charge on any atom is 0.0107 e. The Morgan fingerprint density at radius 2 is 1.83 bits per heavy atom. The molecule has 1 saturated heterocycles. The van der Waals surface area contributed by atoms with Gasteiger partial charge in [-0.25, -0.2) is 0 Å². The number of nitrogens with zero attached hydrogens (tertiary/aromatic N) is 2. The maximum absolute atomic E-state index is 3.69. The second kappa shape index (κ2) is 6.88. The molecule has 3 heteroatoms. The predicted molar refractivity (Wildman–Crippen MR) is 77.9 cm³/mol. The first-order valence-corrected chi connectivity index (χ1v) is 7.75. The average Bonchev–Trinajstić information content (AvgIpc) is 3.14. The number of nitrogens with one attached hydrogen (secondary N) is 1. The minimum absolute atomic E-state index is 0.747. The molecule has 0 aromatic carbocycles. The van der Waals surface area contributed by atoms with Crippen LogP contribution in [0.2, 0.25) is 0 Å². The largest absolute Gasteiger partial charge is 0.313 e. The molecular weight excluding hydrogens is 222 g/mol. The third kappa shape index (κ3) is 4.87. The van der Waals surface area contributed by atoms with E-state index in [2.05, 4.69) is 36.1 Å². The standard InChI is InChI=1S/C15H31N3/c1-13(15-4-5-15)16-8-11-18-9-6-14(7-10-18)12-17(2)3/h13-16H,4-12H2,1-3H3. The zero-order chi connectivity index (χ0) is 13.0. The minimum Gasteiger partial charge on any atom is -0.313 e. The van der Waals surface area contributed by atoms with E-state index in [1.807, 2.05) is 0 Å². The van der Waals surface area contributed by atoms with Gasteiger partial charge in [0.25, 0.3) is 0 Å². The molecule has 2 rings (SSSR count). The lowest BCUT2D eigenvalue weighted by atomic mass is 9.96. The van der Waals surface area contributed by atoms with Crippen LogP contribution in [0.1, 0.15) is 32.6 Å². The predicted octanol–water partition coefficient (Wildman–Crippen LogP) is 1.65. The van der Waals surface area contributed by atoms with Crippen molar-refractivity contribution in [1.29, 1.82) is 0 Å². The smallest absolute Gasteiger partial charge is 0.0107 e. The van der Waals surface area contributed by atoms with Gasteiger partial charge in [0.1, 0.15) is 0 Å². The Morgan fingerprint density at radius 3 is 2.39 bits per heavy atom. The van der Waals surface area contributed by atoms with Crippen LogP contribution in [0.3, 0.4) is 0 Å². The van der Waals surface area contributed by atoms with Gasteiger partial charge in [0.05, 0.1) is 0 Å². The first-order chi connectivity index (χ1) is 8.65. The third-order valence-corrected chi connectivity index (χ3v) is 4.55. The summed E-state index contributed by atoms with van der Waals surface area (Å²) in [6.07, 6.45) is 5.67. The monoisotopic (exact) mass is 253 g/mol. The molecule has 106 valence electrons. The minimum atomic E-state index is 0.747. The fraction of sp³-hybridized carbons (Fsp3) is 1.00. The highest BCUT2D eigenvalue weighted by molar-refractivity contribution is 4.83. The lowest BCUT2D eigenvalue weighted by molar-refractivity contribution is 0.162. The summed E-state index contributed by atoms with van der Waals surface area (Å²) in [5.41, 5.74) is 0. The van der Waals surface area contributed by atoms with Crippen molar-refractivity contribution in [1.82, 2.24) is 15.1 Å². The van der Waals surface area contributed by atoms with E-state index in [-0.39, 0.29) is 0 Å². The molecule has 0 radical (unpaired) electrons. The van der Waals surface area contributed by atoms with E-state index in [9.17, 15) is 0 Å². The van der Waals surface area contributed by atoms with Gasteiger partial charge in [0.15, 0.2) is 0 Å². The van der Waals surface area contributed by atoms with Crippen LogP contribution < -0.4 is 5.32 Å². The average molecular weight is 253 g/mol. The van der Waals surface area contributed by atoms with E-state index in [1.165, 1.54) is 58.4 Å². The second-order valence-electron chi connectivity index (χ2n) is 6.63. The van der Waals surface area contributed by atoms with Gasteiger partial charge >= 0.3 is 0 Å². The van der Waals surface area contributed by atoms with E-state index < -0.39 is 0 Å². The highest BCUT2D eigenvalue weighted by atomic mass is 15.1. The van der Waals surface area contributed by atoms with Gasteiger partial charge < -0.3 is 15.1 Å². The molecule has 0 bridgehead atoms. The van der Waals surface area contributed by atoms with Gasteiger partial charge in [-0.05, 0) is 71.6 Å². The summed E-state index contributed by atoms with van der Waals surface area (Å²) in [6.45, 7) is 8.64. The van der Waals surface area contributed by atoms with Crippen molar-refractivity contribution in [3.8, 4) is 0 Å². The third-order valence-electron chi connectivity index (χ3n) is 4.55. The van der Waals surface area contributed by atoms with Gasteiger partial charge in [-0.3, -0.25) is 0 Å². The molecule has 18 heavy (non-hydrogen) atoms. The van der Waals surface area contributed by atoms with E-state index in [4.69, 9.17) is 0 Å². The number of likely N-dealkylation sites (tertiary alicyclic amines) is 1. The summed E-state index contributed by atoms with van der Waals surface area (Å²) >= 11 is 0. The lowest BCUT2D eigenvalue weighted by Crippen LogP contribution is -2.42. The topological polar surface area (TPSA) is 18.5 Å². The van der Waals surface area contributed by atoms with E-state index in [1.54, 1.807) is 0 Å². The zero-order valence-corrected chi connectivity index (χ0v) is 12.5. The van der Waals surface area contributed by atoms with Gasteiger partial charge in [-0.1, -0.05) is 0 Å². The Kier molecular flexibility index (Phi) is 5.46. The molecule has 2 fully saturated rings. The maximum atomic E-state index is 3.69. The SMILES string of the molecule is CC(NCCN1CCC(CN(C)C)CC1)C1CC1. The van der Waals surface area contributed by atoms with E-state index >= 15 is 0 Å². The van der Waals surface area contributed by atoms with Crippen LogP contribution in [0.5, 0.6) is 0 Å². The number of hydrogen-bond donors (Lipinski definition) is 1. The quantitative estimate of drug-likeness (QED) is 0.744. The molecule has 0 spiro atoms. The highest BCUT2D eigenvalue weighted by Crippen LogP contribution is 2.32. The first kappa shape index (κ1) is 14.3. The van der Waals surface area contributed by atoms with Gasteiger partial charge in [-0.15, -0.1) is 0 Å². The number of hydrogen-bond acceptors (Lipinski definition) is 3. The molecule has 0 aromatic rings. The fourth-order valence-electron chi connectivity index (χ4n) is 3.12. The Bertz CT molecular complexity index is 230. The Balaban J connectivity index is 1.53. The van der Waals surface area contributed by atoms with Crippen molar-refractivity contribution in [2.75, 3.05) is 46.8 Å². The number of rotatable bonds is 7. The van der Waals surface area contributed by atoms with Gasteiger partial charge in [0, 0.05) is 25.7 Å². The molecule has 1 aliphatic carbocycles. The molecule has 1 aliphatic heterocycles. The molecule has 1 atom stereocenters. The van der Waals surface area contributed by atoms with Gasteiger partial charge in [0.2, 0.25) is 0 Å². The summed E-state index contributed by atoms with van der Waals surface area (Å²) < 4.78 is 0. The molecule has 0 amide bonds. The van der Waals surface area contributed by atoms with Crippen LogP contribution in [0.15, 0.2) is 0 Å². The van der Waals surface area contributed by atoms with Crippen LogP contribution in [0.25, 0.3) is 0 Å². The molecule has 1 saturated carbocycles. The molecule has 3 nitrogen and oxygen atoms in total. The lowest BCUT2D eigenvalue weighted by Gasteiger charge is -2.33. The normalized spacial score (nSPS) is 24.7. The van der Waals surface area contributed by atoms with Crippen LogP contribution >= 0.6 is 0 Å².